The topological polar surface area (TPSA) is 9.23 Å². The maximum atomic E-state index is 5.85. The van der Waals surface area contributed by atoms with Gasteiger partial charge in [0.15, 0.2) is 0 Å². The molecule has 38 heavy (non-hydrogen) atoms. The van der Waals surface area contributed by atoms with E-state index in [2.05, 4.69) is 86.4 Å². The molecule has 1 fully saturated rings. The molecule has 202 valence electrons. The fourth-order valence-electron chi connectivity index (χ4n) is 5.88. The zero-order valence-corrected chi connectivity index (χ0v) is 23.9. The van der Waals surface area contributed by atoms with E-state index in [1.807, 2.05) is 0 Å². The molecular weight excluding hydrogens is 460 g/mol. The Bertz CT molecular complexity index is 1150. The Morgan fingerprint density at radius 2 is 1.26 bits per heavy atom. The lowest BCUT2D eigenvalue weighted by Crippen LogP contribution is -2.13. The molecule has 3 aromatic carbocycles. The highest BCUT2D eigenvalue weighted by Gasteiger charge is 2.21. The van der Waals surface area contributed by atoms with E-state index in [9.17, 15) is 0 Å². The quantitative estimate of drug-likeness (QED) is 0.165. The predicted molar refractivity (Wildman–Crippen MR) is 164 cm³/mol. The molecule has 0 atom stereocenters. The van der Waals surface area contributed by atoms with Crippen molar-refractivity contribution in [3.8, 4) is 17.6 Å². The van der Waals surface area contributed by atoms with Crippen LogP contribution in [0.1, 0.15) is 126 Å². The lowest BCUT2D eigenvalue weighted by Gasteiger charge is -2.29. The van der Waals surface area contributed by atoms with Gasteiger partial charge >= 0.3 is 0 Å². The predicted octanol–water partition coefficient (Wildman–Crippen LogP) is 10.8. The van der Waals surface area contributed by atoms with Crippen LogP contribution in [0.5, 0.6) is 5.75 Å². The molecule has 0 radical (unpaired) electrons. The Morgan fingerprint density at radius 1 is 0.632 bits per heavy atom. The van der Waals surface area contributed by atoms with Gasteiger partial charge in [-0.1, -0.05) is 108 Å². The largest absolute Gasteiger partial charge is 0.494 e. The molecule has 1 aliphatic rings. The van der Waals surface area contributed by atoms with E-state index in [0.29, 0.717) is 0 Å². The van der Waals surface area contributed by atoms with Crippen molar-refractivity contribution in [2.24, 2.45) is 5.92 Å². The third-order valence-electron chi connectivity index (χ3n) is 8.37. The third-order valence-corrected chi connectivity index (χ3v) is 8.37. The summed E-state index contributed by atoms with van der Waals surface area (Å²) >= 11 is 0. The zero-order valence-electron chi connectivity index (χ0n) is 23.9. The minimum absolute atomic E-state index is 0.735. The first-order valence-corrected chi connectivity index (χ1v) is 15.5. The Morgan fingerprint density at radius 3 is 2.03 bits per heavy atom. The first-order valence-electron chi connectivity index (χ1n) is 15.5. The molecule has 4 rings (SSSR count). The second-order valence-electron chi connectivity index (χ2n) is 11.4. The van der Waals surface area contributed by atoms with Gasteiger partial charge < -0.3 is 4.74 Å². The molecule has 0 aliphatic heterocycles. The number of fused-ring (bicyclic) bond motifs is 1. The second kappa shape index (κ2) is 15.6. The fraction of sp³-hybridized carbons (Fsp3) is 0.514. The second-order valence-corrected chi connectivity index (χ2v) is 11.4. The molecule has 0 aromatic heterocycles. The SMILES string of the molecule is CCCCCCCCC[C@H]1CC[C@H](c2ccc(C#Cc3ccc4cc(OCCCC)ccc4c3)cc2)CC1. The van der Waals surface area contributed by atoms with Gasteiger partial charge in [0.2, 0.25) is 0 Å². The Labute approximate surface area is 232 Å². The summed E-state index contributed by atoms with van der Waals surface area (Å²) in [6.45, 7) is 5.27. The van der Waals surface area contributed by atoms with Crippen molar-refractivity contribution < 1.29 is 4.74 Å². The van der Waals surface area contributed by atoms with Gasteiger partial charge in [0.1, 0.15) is 5.75 Å². The van der Waals surface area contributed by atoms with Gasteiger partial charge in [-0.3, -0.25) is 0 Å². The molecule has 1 nitrogen and oxygen atoms in total. The lowest BCUT2D eigenvalue weighted by molar-refractivity contribution is 0.302. The summed E-state index contributed by atoms with van der Waals surface area (Å²) in [4.78, 5) is 0. The normalized spacial score (nSPS) is 17.2. The van der Waals surface area contributed by atoms with E-state index in [4.69, 9.17) is 4.74 Å². The summed E-state index contributed by atoms with van der Waals surface area (Å²) in [5.41, 5.74) is 3.66. The number of hydrogen-bond acceptors (Lipinski definition) is 1. The molecule has 0 amide bonds. The maximum Gasteiger partial charge on any atom is 0.119 e. The first kappa shape index (κ1) is 28.3. The monoisotopic (exact) mass is 508 g/mol. The summed E-state index contributed by atoms with van der Waals surface area (Å²) in [6.07, 6.45) is 19.2. The van der Waals surface area contributed by atoms with Crippen molar-refractivity contribution in [3.63, 3.8) is 0 Å². The summed E-state index contributed by atoms with van der Waals surface area (Å²) < 4.78 is 5.85. The van der Waals surface area contributed by atoms with Crippen LogP contribution in [0.4, 0.5) is 0 Å². The maximum absolute atomic E-state index is 5.85. The lowest BCUT2D eigenvalue weighted by atomic mass is 9.77. The summed E-state index contributed by atoms with van der Waals surface area (Å²) in [6, 6.07) is 21.9. The van der Waals surface area contributed by atoms with Crippen molar-refractivity contribution in [1.82, 2.24) is 0 Å². The van der Waals surface area contributed by atoms with Crippen molar-refractivity contribution in [1.29, 1.82) is 0 Å². The van der Waals surface area contributed by atoms with Gasteiger partial charge in [0.05, 0.1) is 6.61 Å². The van der Waals surface area contributed by atoms with Crippen LogP contribution in [0.2, 0.25) is 0 Å². The molecule has 0 bridgehead atoms. The Kier molecular flexibility index (Phi) is 11.6. The van der Waals surface area contributed by atoms with Crippen molar-refractivity contribution in [2.45, 2.75) is 110 Å². The van der Waals surface area contributed by atoms with E-state index in [1.54, 1.807) is 0 Å². The highest BCUT2D eigenvalue weighted by Crippen LogP contribution is 2.37. The fourth-order valence-corrected chi connectivity index (χ4v) is 5.88. The minimum Gasteiger partial charge on any atom is -0.494 e. The third kappa shape index (κ3) is 8.94. The standard InChI is InChI=1S/C37H48O/c1-3-5-7-8-9-10-11-12-30-15-20-33(21-16-30)34-22-17-31(18-23-34)13-14-32-19-24-36-29-37(38-27-6-4-2)26-25-35(36)28-32/h17-19,22-26,28-30,33H,3-12,15-16,20-21,27H2,1-2H3/t30-,33-. The molecule has 0 spiro atoms. The number of ether oxygens (including phenoxy) is 1. The smallest absolute Gasteiger partial charge is 0.119 e. The molecular formula is C37H48O. The van der Waals surface area contributed by atoms with E-state index in [0.717, 1.165) is 48.2 Å². The summed E-state index contributed by atoms with van der Waals surface area (Å²) in [5, 5.41) is 2.41. The van der Waals surface area contributed by atoms with Crippen LogP contribution < -0.4 is 4.74 Å². The highest BCUT2D eigenvalue weighted by molar-refractivity contribution is 5.85. The van der Waals surface area contributed by atoms with Gasteiger partial charge in [-0.15, -0.1) is 0 Å². The molecule has 1 saturated carbocycles. The van der Waals surface area contributed by atoms with E-state index in [1.165, 1.54) is 93.4 Å². The average molecular weight is 509 g/mol. The van der Waals surface area contributed by atoms with Gasteiger partial charge in [0.25, 0.3) is 0 Å². The van der Waals surface area contributed by atoms with Crippen LogP contribution in [0.25, 0.3) is 10.8 Å². The van der Waals surface area contributed by atoms with Gasteiger partial charge in [-0.2, -0.15) is 0 Å². The van der Waals surface area contributed by atoms with Crippen LogP contribution in [-0.4, -0.2) is 6.61 Å². The van der Waals surface area contributed by atoms with Crippen molar-refractivity contribution in [3.05, 3.63) is 77.4 Å². The molecule has 0 N–H and O–H groups in total. The number of hydrogen-bond donors (Lipinski definition) is 0. The Hall–Kier alpha value is -2.72. The average Bonchev–Trinajstić information content (AvgIpc) is 2.96. The molecule has 0 heterocycles. The van der Waals surface area contributed by atoms with Crippen molar-refractivity contribution in [2.75, 3.05) is 6.61 Å². The van der Waals surface area contributed by atoms with Crippen molar-refractivity contribution >= 4 is 10.8 Å². The molecule has 1 aliphatic carbocycles. The first-order chi connectivity index (χ1) is 18.7. The molecule has 1 heteroatoms. The van der Waals surface area contributed by atoms with Crippen LogP contribution in [0.3, 0.4) is 0 Å². The minimum atomic E-state index is 0.735. The number of benzene rings is 3. The van der Waals surface area contributed by atoms with Crippen LogP contribution in [0, 0.1) is 17.8 Å². The Balaban J connectivity index is 1.23. The molecule has 0 saturated heterocycles. The van der Waals surface area contributed by atoms with Gasteiger partial charge in [-0.25, -0.2) is 0 Å². The van der Waals surface area contributed by atoms with E-state index in [-0.39, 0.29) is 0 Å². The highest BCUT2D eigenvalue weighted by atomic mass is 16.5. The van der Waals surface area contributed by atoms with E-state index >= 15 is 0 Å². The number of unbranched alkanes of at least 4 members (excludes halogenated alkanes) is 7. The molecule has 0 unspecified atom stereocenters. The van der Waals surface area contributed by atoms with E-state index < -0.39 is 0 Å². The van der Waals surface area contributed by atoms with Crippen LogP contribution in [0.15, 0.2) is 60.7 Å². The van der Waals surface area contributed by atoms with Gasteiger partial charge in [-0.05, 0) is 96.7 Å². The number of rotatable bonds is 13. The van der Waals surface area contributed by atoms with Gasteiger partial charge in [0, 0.05) is 11.1 Å². The summed E-state index contributed by atoms with van der Waals surface area (Å²) in [7, 11) is 0. The van der Waals surface area contributed by atoms with Crippen LogP contribution >= 0.6 is 0 Å². The zero-order chi connectivity index (χ0) is 26.4. The molecule has 3 aromatic rings. The summed E-state index contributed by atoms with van der Waals surface area (Å²) in [5.74, 6) is 9.40. The van der Waals surface area contributed by atoms with Crippen LogP contribution in [-0.2, 0) is 0 Å².